The van der Waals surface area contributed by atoms with Crippen LogP contribution in [0.4, 0.5) is 0 Å². The van der Waals surface area contributed by atoms with Crippen molar-refractivity contribution in [3.05, 3.63) is 22.4 Å². The van der Waals surface area contributed by atoms with E-state index in [1.165, 1.54) is 4.88 Å². The molecule has 2 nitrogen and oxygen atoms in total. The van der Waals surface area contributed by atoms with Gasteiger partial charge >= 0.3 is 0 Å². The second-order valence-electron chi connectivity index (χ2n) is 5.93. The van der Waals surface area contributed by atoms with Crippen molar-refractivity contribution in [2.75, 3.05) is 13.6 Å². The number of hydrogen-bond donors (Lipinski definition) is 1. The van der Waals surface area contributed by atoms with Crippen molar-refractivity contribution in [1.29, 1.82) is 0 Å². The second kappa shape index (κ2) is 5.98. The molecule has 2 unspecified atom stereocenters. The molecule has 3 heteroatoms. The maximum atomic E-state index is 6.19. The number of rotatable bonds is 5. The average Bonchev–Trinajstić information content (AvgIpc) is 2.76. The molecule has 0 radical (unpaired) electrons. The van der Waals surface area contributed by atoms with Crippen LogP contribution in [-0.2, 0) is 0 Å². The van der Waals surface area contributed by atoms with Crippen molar-refractivity contribution in [3.8, 4) is 0 Å². The lowest BCUT2D eigenvalue weighted by atomic mass is 9.85. The predicted octanol–water partition coefficient (Wildman–Crippen LogP) is 3.50. The first-order valence-electron chi connectivity index (χ1n) is 6.31. The van der Waals surface area contributed by atoms with E-state index in [0.29, 0.717) is 6.04 Å². The predicted molar refractivity (Wildman–Crippen MR) is 77.4 cm³/mol. The summed E-state index contributed by atoms with van der Waals surface area (Å²) in [6.45, 7) is 9.94. The van der Waals surface area contributed by atoms with E-state index in [1.54, 1.807) is 0 Å². The zero-order valence-corrected chi connectivity index (χ0v) is 12.6. The van der Waals surface area contributed by atoms with Gasteiger partial charge in [0.25, 0.3) is 0 Å². The van der Waals surface area contributed by atoms with Crippen LogP contribution in [0.2, 0.25) is 0 Å². The summed E-state index contributed by atoms with van der Waals surface area (Å²) in [5.41, 5.74) is 6.40. The molecule has 0 aliphatic carbocycles. The van der Waals surface area contributed by atoms with E-state index < -0.39 is 0 Å². The Morgan fingerprint density at radius 2 is 2.06 bits per heavy atom. The van der Waals surface area contributed by atoms with E-state index in [1.807, 2.05) is 11.3 Å². The van der Waals surface area contributed by atoms with Gasteiger partial charge in [0.05, 0.1) is 0 Å². The lowest BCUT2D eigenvalue weighted by molar-refractivity contribution is 0.221. The van der Waals surface area contributed by atoms with E-state index in [4.69, 9.17) is 5.73 Å². The zero-order valence-electron chi connectivity index (χ0n) is 11.7. The molecule has 98 valence electrons. The third-order valence-corrected chi connectivity index (χ3v) is 4.56. The van der Waals surface area contributed by atoms with Gasteiger partial charge in [0.1, 0.15) is 0 Å². The van der Waals surface area contributed by atoms with Gasteiger partial charge in [-0.15, -0.1) is 11.3 Å². The summed E-state index contributed by atoms with van der Waals surface area (Å²) in [6.07, 6.45) is 1.05. The molecule has 0 fully saturated rings. The molecule has 1 aromatic rings. The fraction of sp³-hybridized carbons (Fsp3) is 0.714. The van der Waals surface area contributed by atoms with E-state index in [2.05, 4.69) is 57.2 Å². The van der Waals surface area contributed by atoms with Crippen molar-refractivity contribution in [2.24, 2.45) is 11.1 Å². The van der Waals surface area contributed by atoms with E-state index in [9.17, 15) is 0 Å². The average molecular weight is 254 g/mol. The van der Waals surface area contributed by atoms with Crippen LogP contribution >= 0.6 is 11.3 Å². The van der Waals surface area contributed by atoms with Crippen molar-refractivity contribution in [2.45, 2.75) is 46.2 Å². The van der Waals surface area contributed by atoms with Crippen LogP contribution in [-0.4, -0.2) is 24.5 Å². The van der Waals surface area contributed by atoms with Crippen LogP contribution in [0.15, 0.2) is 17.5 Å². The molecule has 1 rings (SSSR count). The first-order valence-corrected chi connectivity index (χ1v) is 7.19. The second-order valence-corrected chi connectivity index (χ2v) is 6.91. The molecule has 1 aromatic heterocycles. The van der Waals surface area contributed by atoms with Gasteiger partial charge in [0.15, 0.2) is 0 Å². The Hall–Kier alpha value is -0.380. The SMILES string of the molecule is CC(c1cccs1)N(C)CCC(N)C(C)(C)C. The lowest BCUT2D eigenvalue weighted by Gasteiger charge is -2.30. The summed E-state index contributed by atoms with van der Waals surface area (Å²) < 4.78 is 0. The summed E-state index contributed by atoms with van der Waals surface area (Å²) >= 11 is 1.83. The normalized spacial score (nSPS) is 16.2. The van der Waals surface area contributed by atoms with Crippen molar-refractivity contribution >= 4 is 11.3 Å². The minimum absolute atomic E-state index is 0.201. The molecule has 1 heterocycles. The zero-order chi connectivity index (χ0) is 13.1. The van der Waals surface area contributed by atoms with Gasteiger partial charge in [0, 0.05) is 17.0 Å². The highest BCUT2D eigenvalue weighted by Gasteiger charge is 2.21. The van der Waals surface area contributed by atoms with Gasteiger partial charge < -0.3 is 5.73 Å². The molecule has 2 atom stereocenters. The van der Waals surface area contributed by atoms with E-state index >= 15 is 0 Å². The fourth-order valence-corrected chi connectivity index (χ4v) is 2.56. The first kappa shape index (κ1) is 14.7. The molecule has 0 saturated carbocycles. The third kappa shape index (κ3) is 4.41. The monoisotopic (exact) mass is 254 g/mol. The van der Waals surface area contributed by atoms with Crippen LogP contribution in [0.25, 0.3) is 0 Å². The van der Waals surface area contributed by atoms with Gasteiger partial charge in [-0.25, -0.2) is 0 Å². The largest absolute Gasteiger partial charge is 0.327 e. The Morgan fingerprint density at radius 1 is 1.41 bits per heavy atom. The maximum Gasteiger partial charge on any atom is 0.0410 e. The molecule has 0 aliphatic rings. The summed E-state index contributed by atoms with van der Waals surface area (Å²) in [6, 6.07) is 5.07. The fourth-order valence-electron chi connectivity index (χ4n) is 1.72. The smallest absolute Gasteiger partial charge is 0.0410 e. The molecular weight excluding hydrogens is 228 g/mol. The Labute approximate surface area is 110 Å². The summed E-state index contributed by atoms with van der Waals surface area (Å²) in [5.74, 6) is 0. The number of hydrogen-bond acceptors (Lipinski definition) is 3. The molecule has 0 spiro atoms. The highest BCUT2D eigenvalue weighted by molar-refractivity contribution is 7.10. The molecule has 0 bridgehead atoms. The molecule has 0 aromatic carbocycles. The molecule has 17 heavy (non-hydrogen) atoms. The molecule has 0 aliphatic heterocycles. The van der Waals surface area contributed by atoms with E-state index in [-0.39, 0.29) is 11.5 Å². The highest BCUT2D eigenvalue weighted by atomic mass is 32.1. The summed E-state index contributed by atoms with van der Waals surface area (Å²) in [5, 5.41) is 2.14. The van der Waals surface area contributed by atoms with Gasteiger partial charge in [-0.05, 0) is 43.8 Å². The summed E-state index contributed by atoms with van der Waals surface area (Å²) in [4.78, 5) is 3.81. The molecular formula is C14H26N2S. The van der Waals surface area contributed by atoms with Gasteiger partial charge in [-0.3, -0.25) is 4.90 Å². The van der Waals surface area contributed by atoms with Crippen LogP contribution in [0, 0.1) is 5.41 Å². The first-order chi connectivity index (χ1) is 7.82. The Bertz CT molecular complexity index is 313. The highest BCUT2D eigenvalue weighted by Crippen LogP contribution is 2.25. The van der Waals surface area contributed by atoms with Crippen molar-refractivity contribution in [1.82, 2.24) is 4.90 Å². The number of nitrogens with two attached hydrogens (primary N) is 1. The Morgan fingerprint density at radius 3 is 2.53 bits per heavy atom. The maximum absolute atomic E-state index is 6.19. The van der Waals surface area contributed by atoms with Crippen LogP contribution in [0.3, 0.4) is 0 Å². The van der Waals surface area contributed by atoms with E-state index in [0.717, 1.165) is 13.0 Å². The molecule has 0 saturated heterocycles. The Balaban J connectivity index is 2.42. The van der Waals surface area contributed by atoms with Crippen LogP contribution in [0.1, 0.15) is 45.0 Å². The third-order valence-electron chi connectivity index (χ3n) is 3.52. The van der Waals surface area contributed by atoms with Crippen molar-refractivity contribution in [3.63, 3.8) is 0 Å². The lowest BCUT2D eigenvalue weighted by Crippen LogP contribution is -2.38. The quantitative estimate of drug-likeness (QED) is 0.871. The standard InChI is InChI=1S/C14H26N2S/c1-11(12-7-6-10-17-12)16(5)9-8-13(15)14(2,3)4/h6-7,10-11,13H,8-9,15H2,1-5H3. The minimum atomic E-state index is 0.201. The number of thiophene rings is 1. The van der Waals surface area contributed by atoms with Gasteiger partial charge in [0.2, 0.25) is 0 Å². The van der Waals surface area contributed by atoms with Gasteiger partial charge in [-0.1, -0.05) is 26.8 Å². The van der Waals surface area contributed by atoms with Crippen LogP contribution < -0.4 is 5.73 Å². The topological polar surface area (TPSA) is 29.3 Å². The number of nitrogens with zero attached hydrogens (tertiary/aromatic N) is 1. The summed E-state index contributed by atoms with van der Waals surface area (Å²) in [7, 11) is 2.18. The molecule has 0 amide bonds. The molecule has 2 N–H and O–H groups in total. The Kier molecular flexibility index (Phi) is 5.17. The minimum Gasteiger partial charge on any atom is -0.327 e. The van der Waals surface area contributed by atoms with Gasteiger partial charge in [-0.2, -0.15) is 0 Å². The van der Waals surface area contributed by atoms with Crippen molar-refractivity contribution < 1.29 is 0 Å². The van der Waals surface area contributed by atoms with Crippen LogP contribution in [0.5, 0.6) is 0 Å².